The molecule has 1 heterocycles. The first-order valence-corrected chi connectivity index (χ1v) is 19.1. The zero-order valence-corrected chi connectivity index (χ0v) is 30.7. The molecular weight excluding hydrogens is 665 g/mol. The summed E-state index contributed by atoms with van der Waals surface area (Å²) in [5.74, 6) is 0. The molecule has 0 N–H and O–H groups in total. The van der Waals surface area contributed by atoms with Gasteiger partial charge < -0.3 is 0 Å². The second-order valence-corrected chi connectivity index (χ2v) is 15.3. The summed E-state index contributed by atoms with van der Waals surface area (Å²) in [5, 5.41) is 7.19. The zero-order valence-electron chi connectivity index (χ0n) is 30.7. The molecule has 258 valence electrons. The maximum atomic E-state index is 5.48. The third kappa shape index (κ3) is 4.81. The molecule has 0 atom stereocenters. The minimum atomic E-state index is -0.116. The Bertz CT molecular complexity index is 3170. The standard InChI is InChI=1S/C53H36N2/c1-53(2)44-23-11-10-21-41(44)49-42(22-14-24-45(49)53)48-38-19-8-9-20-39(38)50(52-51(34-16-4-3-5-17-34)54-46-25-12-13-26-47(46)55-52)40-30-29-37(32-43(40)48)36-28-27-33-15-6-7-18-35(33)31-36/h3-32H,1-2H3. The van der Waals surface area contributed by atoms with Gasteiger partial charge in [0.05, 0.1) is 22.4 Å². The predicted octanol–water partition coefficient (Wildman–Crippen LogP) is 14.1. The molecule has 55 heavy (non-hydrogen) atoms. The van der Waals surface area contributed by atoms with Crippen LogP contribution in [0.1, 0.15) is 25.0 Å². The van der Waals surface area contributed by atoms with Crippen molar-refractivity contribution in [1.82, 2.24) is 9.97 Å². The summed E-state index contributed by atoms with van der Waals surface area (Å²) >= 11 is 0. The summed E-state index contributed by atoms with van der Waals surface area (Å²) in [5.41, 5.74) is 15.8. The van der Waals surface area contributed by atoms with Gasteiger partial charge in [0.15, 0.2) is 0 Å². The van der Waals surface area contributed by atoms with Crippen molar-refractivity contribution in [3.8, 4) is 55.9 Å². The lowest BCUT2D eigenvalue weighted by molar-refractivity contribution is 0.660. The van der Waals surface area contributed by atoms with E-state index in [9.17, 15) is 0 Å². The summed E-state index contributed by atoms with van der Waals surface area (Å²) in [7, 11) is 0. The van der Waals surface area contributed by atoms with Crippen LogP contribution in [0.15, 0.2) is 182 Å². The summed E-state index contributed by atoms with van der Waals surface area (Å²) in [4.78, 5) is 10.8. The number of nitrogens with zero attached hydrogens (tertiary/aromatic N) is 2. The largest absolute Gasteiger partial charge is 0.244 e. The van der Waals surface area contributed by atoms with Crippen molar-refractivity contribution in [2.24, 2.45) is 0 Å². The molecule has 0 unspecified atom stereocenters. The fourth-order valence-electron chi connectivity index (χ4n) is 9.21. The lowest BCUT2D eigenvalue weighted by Gasteiger charge is -2.23. The maximum Gasteiger partial charge on any atom is 0.0985 e. The summed E-state index contributed by atoms with van der Waals surface area (Å²) in [6.07, 6.45) is 0. The highest BCUT2D eigenvalue weighted by Gasteiger charge is 2.37. The lowest BCUT2D eigenvalue weighted by atomic mass is 9.80. The fraction of sp³-hybridized carbons (Fsp3) is 0.0566. The van der Waals surface area contributed by atoms with E-state index in [-0.39, 0.29) is 5.41 Å². The van der Waals surface area contributed by atoms with Gasteiger partial charge in [0.2, 0.25) is 0 Å². The second-order valence-electron chi connectivity index (χ2n) is 15.3. The molecule has 9 aromatic carbocycles. The lowest BCUT2D eigenvalue weighted by Crippen LogP contribution is -2.14. The molecule has 1 aliphatic rings. The Morgan fingerprint density at radius 2 is 0.927 bits per heavy atom. The molecule has 1 aromatic heterocycles. The minimum Gasteiger partial charge on any atom is -0.244 e. The molecular formula is C53H36N2. The summed E-state index contributed by atoms with van der Waals surface area (Å²) in [6, 6.07) is 66.0. The maximum absolute atomic E-state index is 5.48. The van der Waals surface area contributed by atoms with Crippen LogP contribution in [0.3, 0.4) is 0 Å². The topological polar surface area (TPSA) is 25.8 Å². The van der Waals surface area contributed by atoms with Gasteiger partial charge in [-0.05, 0) is 101 Å². The normalized spacial score (nSPS) is 13.1. The number of rotatable bonds is 4. The Hall–Kier alpha value is -6.90. The SMILES string of the molecule is CC1(C)c2ccccc2-c2c(-c3c4ccccc4c(-c4nc5ccccc5nc4-c4ccccc4)c4ccc(-c5ccc6ccccc6c5)cc34)cccc21. The molecule has 10 aromatic rings. The molecule has 0 saturated heterocycles. The van der Waals surface area contributed by atoms with E-state index in [0.29, 0.717) is 0 Å². The van der Waals surface area contributed by atoms with Crippen molar-refractivity contribution >= 4 is 43.4 Å². The highest BCUT2D eigenvalue weighted by atomic mass is 14.8. The molecule has 1 aliphatic carbocycles. The van der Waals surface area contributed by atoms with E-state index < -0.39 is 0 Å². The highest BCUT2D eigenvalue weighted by Crippen LogP contribution is 2.55. The molecule has 0 fully saturated rings. The molecule has 2 nitrogen and oxygen atoms in total. The molecule has 0 amide bonds. The van der Waals surface area contributed by atoms with E-state index in [1.807, 2.05) is 12.1 Å². The van der Waals surface area contributed by atoms with Gasteiger partial charge in [-0.15, -0.1) is 0 Å². The molecule has 0 spiro atoms. The van der Waals surface area contributed by atoms with Crippen LogP contribution in [0.2, 0.25) is 0 Å². The molecule has 0 radical (unpaired) electrons. The van der Waals surface area contributed by atoms with Crippen molar-refractivity contribution in [2.45, 2.75) is 19.3 Å². The van der Waals surface area contributed by atoms with E-state index in [4.69, 9.17) is 9.97 Å². The van der Waals surface area contributed by atoms with E-state index in [1.165, 1.54) is 66.1 Å². The number of para-hydroxylation sites is 2. The van der Waals surface area contributed by atoms with Crippen molar-refractivity contribution in [3.63, 3.8) is 0 Å². The third-order valence-corrected chi connectivity index (χ3v) is 11.8. The van der Waals surface area contributed by atoms with Crippen LogP contribution in [-0.4, -0.2) is 9.97 Å². The van der Waals surface area contributed by atoms with Crippen molar-refractivity contribution in [2.75, 3.05) is 0 Å². The first-order valence-electron chi connectivity index (χ1n) is 19.1. The number of hydrogen-bond acceptors (Lipinski definition) is 2. The molecule has 11 rings (SSSR count). The number of hydrogen-bond donors (Lipinski definition) is 0. The van der Waals surface area contributed by atoms with Gasteiger partial charge in [0.1, 0.15) is 0 Å². The Kier molecular flexibility index (Phi) is 6.93. The number of fused-ring (bicyclic) bond motifs is 7. The average molecular weight is 701 g/mol. The minimum absolute atomic E-state index is 0.116. The fourth-order valence-corrected chi connectivity index (χ4v) is 9.21. The predicted molar refractivity (Wildman–Crippen MR) is 231 cm³/mol. The average Bonchev–Trinajstić information content (AvgIpc) is 3.48. The van der Waals surface area contributed by atoms with Crippen LogP contribution in [0.4, 0.5) is 0 Å². The molecule has 0 bridgehead atoms. The first kappa shape index (κ1) is 31.6. The van der Waals surface area contributed by atoms with Gasteiger partial charge in [-0.3, -0.25) is 0 Å². The van der Waals surface area contributed by atoms with E-state index in [0.717, 1.165) is 44.3 Å². The van der Waals surface area contributed by atoms with E-state index in [2.05, 4.69) is 184 Å². The highest BCUT2D eigenvalue weighted by molar-refractivity contribution is 6.24. The molecule has 0 aliphatic heterocycles. The smallest absolute Gasteiger partial charge is 0.0985 e. The monoisotopic (exact) mass is 700 g/mol. The zero-order chi connectivity index (χ0) is 36.7. The van der Waals surface area contributed by atoms with E-state index >= 15 is 0 Å². The Labute approximate surface area is 320 Å². The van der Waals surface area contributed by atoms with Gasteiger partial charge >= 0.3 is 0 Å². The third-order valence-electron chi connectivity index (χ3n) is 11.8. The Morgan fingerprint density at radius 1 is 0.345 bits per heavy atom. The van der Waals surface area contributed by atoms with Gasteiger partial charge in [-0.2, -0.15) is 0 Å². The summed E-state index contributed by atoms with van der Waals surface area (Å²) < 4.78 is 0. The van der Waals surface area contributed by atoms with Crippen molar-refractivity contribution < 1.29 is 0 Å². The van der Waals surface area contributed by atoms with Crippen molar-refractivity contribution in [1.29, 1.82) is 0 Å². The molecule has 0 saturated carbocycles. The van der Waals surface area contributed by atoms with Gasteiger partial charge in [0, 0.05) is 16.5 Å². The van der Waals surface area contributed by atoms with Crippen LogP contribution in [-0.2, 0) is 5.41 Å². The quantitative estimate of drug-likeness (QED) is 0.171. The Balaban J connectivity index is 1.30. The van der Waals surface area contributed by atoms with Crippen LogP contribution >= 0.6 is 0 Å². The Morgan fingerprint density at radius 3 is 1.75 bits per heavy atom. The van der Waals surface area contributed by atoms with Gasteiger partial charge in [-0.1, -0.05) is 172 Å². The van der Waals surface area contributed by atoms with E-state index in [1.54, 1.807) is 0 Å². The number of benzene rings is 9. The number of aromatic nitrogens is 2. The summed E-state index contributed by atoms with van der Waals surface area (Å²) in [6.45, 7) is 4.73. The van der Waals surface area contributed by atoms with Crippen LogP contribution < -0.4 is 0 Å². The second kappa shape index (κ2) is 12.1. The molecule has 2 heteroatoms. The van der Waals surface area contributed by atoms with Gasteiger partial charge in [-0.25, -0.2) is 9.97 Å². The van der Waals surface area contributed by atoms with Crippen LogP contribution in [0.5, 0.6) is 0 Å². The van der Waals surface area contributed by atoms with Crippen molar-refractivity contribution in [3.05, 3.63) is 193 Å². The van der Waals surface area contributed by atoms with Crippen LogP contribution in [0, 0.1) is 0 Å². The van der Waals surface area contributed by atoms with Gasteiger partial charge in [0.25, 0.3) is 0 Å². The van der Waals surface area contributed by atoms with Crippen LogP contribution in [0.25, 0.3) is 99.2 Å². The first-order chi connectivity index (χ1) is 27.0.